The second kappa shape index (κ2) is 5.53. The van der Waals surface area contributed by atoms with Crippen LogP contribution >= 0.6 is 0 Å². The molecule has 0 aliphatic rings. The molecule has 0 saturated heterocycles. The fraction of sp³-hybridized carbons (Fsp3) is 0.250. The van der Waals surface area contributed by atoms with E-state index in [1.165, 1.54) is 5.56 Å². The normalized spacial score (nSPS) is 10.0. The quantitative estimate of drug-likeness (QED) is 0.900. The fourth-order valence-corrected chi connectivity index (χ4v) is 2.07. The van der Waals surface area contributed by atoms with Gasteiger partial charge in [-0.2, -0.15) is 5.26 Å². The number of hydrogen-bond donors (Lipinski definition) is 1. The van der Waals surface area contributed by atoms with E-state index in [9.17, 15) is 5.26 Å². The van der Waals surface area contributed by atoms with Gasteiger partial charge in [0.2, 0.25) is 0 Å². The number of anilines is 2. The van der Waals surface area contributed by atoms with Crippen molar-refractivity contribution < 1.29 is 0 Å². The molecule has 0 radical (unpaired) electrons. The average molecular weight is 251 g/mol. The maximum atomic E-state index is 9.24. The minimum absolute atomic E-state index is 0.604. The summed E-state index contributed by atoms with van der Waals surface area (Å²) in [4.78, 5) is 4.42. The van der Waals surface area contributed by atoms with Gasteiger partial charge in [-0.05, 0) is 49.6 Å². The topological polar surface area (TPSA) is 48.7 Å². The van der Waals surface area contributed by atoms with Crippen LogP contribution in [0.2, 0.25) is 0 Å². The Morgan fingerprint density at radius 3 is 2.74 bits per heavy atom. The molecule has 19 heavy (non-hydrogen) atoms. The standard InChI is InChI=1S/C16H17N3/c1-4-13-6-5-7-14(9-13)19-16-15(10-17)11(2)8-12(3)18-16/h5-9H,4H2,1-3H3,(H,18,19). The van der Waals surface area contributed by atoms with Crippen LogP contribution < -0.4 is 5.32 Å². The zero-order valence-electron chi connectivity index (χ0n) is 11.5. The fourth-order valence-electron chi connectivity index (χ4n) is 2.07. The van der Waals surface area contributed by atoms with Gasteiger partial charge in [0.05, 0.1) is 5.56 Å². The molecule has 1 heterocycles. The van der Waals surface area contributed by atoms with Crippen molar-refractivity contribution in [2.45, 2.75) is 27.2 Å². The first-order valence-electron chi connectivity index (χ1n) is 6.38. The third-order valence-electron chi connectivity index (χ3n) is 3.05. The SMILES string of the molecule is CCc1cccc(Nc2nc(C)cc(C)c2C#N)c1. The number of hydrogen-bond acceptors (Lipinski definition) is 3. The van der Waals surface area contributed by atoms with Crippen molar-refractivity contribution in [3.05, 3.63) is 52.7 Å². The zero-order valence-corrected chi connectivity index (χ0v) is 11.5. The lowest BCUT2D eigenvalue weighted by Gasteiger charge is -2.11. The van der Waals surface area contributed by atoms with Crippen LogP contribution in [0, 0.1) is 25.2 Å². The molecule has 1 N–H and O–H groups in total. The Morgan fingerprint density at radius 1 is 1.26 bits per heavy atom. The summed E-state index contributed by atoms with van der Waals surface area (Å²) in [5.74, 6) is 0.633. The summed E-state index contributed by atoms with van der Waals surface area (Å²) in [6, 6.07) is 12.3. The number of nitriles is 1. The molecular formula is C16H17N3. The number of nitrogens with one attached hydrogen (secondary N) is 1. The zero-order chi connectivity index (χ0) is 13.8. The van der Waals surface area contributed by atoms with Gasteiger partial charge in [-0.15, -0.1) is 0 Å². The van der Waals surface area contributed by atoms with Gasteiger partial charge < -0.3 is 5.32 Å². The molecule has 2 aromatic rings. The number of aromatic nitrogens is 1. The van der Waals surface area contributed by atoms with Crippen molar-refractivity contribution in [2.24, 2.45) is 0 Å². The largest absolute Gasteiger partial charge is 0.339 e. The Morgan fingerprint density at radius 2 is 2.05 bits per heavy atom. The van der Waals surface area contributed by atoms with Crippen LogP contribution in [0.4, 0.5) is 11.5 Å². The van der Waals surface area contributed by atoms with Crippen LogP contribution in [-0.2, 0) is 6.42 Å². The lowest BCUT2D eigenvalue weighted by atomic mass is 10.1. The maximum Gasteiger partial charge on any atom is 0.148 e. The summed E-state index contributed by atoms with van der Waals surface area (Å²) < 4.78 is 0. The van der Waals surface area contributed by atoms with Gasteiger partial charge >= 0.3 is 0 Å². The van der Waals surface area contributed by atoms with E-state index in [4.69, 9.17) is 0 Å². The van der Waals surface area contributed by atoms with Crippen molar-refractivity contribution in [3.63, 3.8) is 0 Å². The first-order chi connectivity index (χ1) is 9.13. The molecule has 96 valence electrons. The maximum absolute atomic E-state index is 9.24. The highest BCUT2D eigenvalue weighted by atomic mass is 15.0. The van der Waals surface area contributed by atoms with Crippen LogP contribution in [-0.4, -0.2) is 4.98 Å². The minimum atomic E-state index is 0.604. The smallest absolute Gasteiger partial charge is 0.148 e. The first kappa shape index (κ1) is 13.1. The Hall–Kier alpha value is -2.34. The molecule has 3 heteroatoms. The summed E-state index contributed by atoms with van der Waals surface area (Å²) in [7, 11) is 0. The predicted molar refractivity (Wildman–Crippen MR) is 77.5 cm³/mol. The monoisotopic (exact) mass is 251 g/mol. The number of pyridine rings is 1. The Kier molecular flexibility index (Phi) is 3.82. The van der Waals surface area contributed by atoms with Crippen LogP contribution in [0.1, 0.15) is 29.3 Å². The predicted octanol–water partition coefficient (Wildman–Crippen LogP) is 3.88. The highest BCUT2D eigenvalue weighted by Gasteiger charge is 2.08. The lowest BCUT2D eigenvalue weighted by molar-refractivity contribution is 1.13. The molecule has 1 aromatic heterocycles. The minimum Gasteiger partial charge on any atom is -0.339 e. The van der Waals surface area contributed by atoms with E-state index in [1.807, 2.05) is 32.0 Å². The highest BCUT2D eigenvalue weighted by molar-refractivity contribution is 5.65. The molecule has 0 atom stereocenters. The summed E-state index contributed by atoms with van der Waals surface area (Å²) >= 11 is 0. The van der Waals surface area contributed by atoms with E-state index in [2.05, 4.69) is 35.4 Å². The molecule has 0 aliphatic carbocycles. The molecule has 0 fully saturated rings. The van der Waals surface area contributed by atoms with Gasteiger partial charge in [0.25, 0.3) is 0 Å². The summed E-state index contributed by atoms with van der Waals surface area (Å²) in [6.45, 7) is 5.98. The van der Waals surface area contributed by atoms with E-state index in [-0.39, 0.29) is 0 Å². The van der Waals surface area contributed by atoms with E-state index >= 15 is 0 Å². The number of benzene rings is 1. The van der Waals surface area contributed by atoms with Crippen molar-refractivity contribution in [3.8, 4) is 6.07 Å². The van der Waals surface area contributed by atoms with Crippen LogP contribution in [0.3, 0.4) is 0 Å². The Bertz CT molecular complexity index is 639. The van der Waals surface area contributed by atoms with E-state index in [0.717, 1.165) is 23.4 Å². The van der Waals surface area contributed by atoms with Crippen LogP contribution in [0.15, 0.2) is 30.3 Å². The van der Waals surface area contributed by atoms with Gasteiger partial charge in [0.1, 0.15) is 11.9 Å². The molecule has 0 aliphatic heterocycles. The molecular weight excluding hydrogens is 234 g/mol. The van der Waals surface area contributed by atoms with Crippen molar-refractivity contribution in [2.75, 3.05) is 5.32 Å². The average Bonchev–Trinajstić information content (AvgIpc) is 2.38. The Labute approximate surface area is 113 Å². The van der Waals surface area contributed by atoms with Crippen LogP contribution in [0.25, 0.3) is 0 Å². The number of aryl methyl sites for hydroxylation is 3. The van der Waals surface area contributed by atoms with E-state index in [0.29, 0.717) is 11.4 Å². The second-order valence-electron chi connectivity index (χ2n) is 4.59. The van der Waals surface area contributed by atoms with Gasteiger partial charge in [-0.25, -0.2) is 4.98 Å². The van der Waals surface area contributed by atoms with Gasteiger partial charge in [-0.1, -0.05) is 19.1 Å². The van der Waals surface area contributed by atoms with Crippen molar-refractivity contribution >= 4 is 11.5 Å². The lowest BCUT2D eigenvalue weighted by Crippen LogP contribution is -2.01. The molecule has 1 aromatic carbocycles. The molecule has 2 rings (SSSR count). The third-order valence-corrected chi connectivity index (χ3v) is 3.05. The molecule has 0 spiro atoms. The molecule has 3 nitrogen and oxygen atoms in total. The summed E-state index contributed by atoms with van der Waals surface area (Å²) in [6.07, 6.45) is 0.987. The third kappa shape index (κ3) is 2.92. The molecule has 0 amide bonds. The Balaban J connectivity index is 2.40. The second-order valence-corrected chi connectivity index (χ2v) is 4.59. The first-order valence-corrected chi connectivity index (χ1v) is 6.38. The molecule has 0 unspecified atom stereocenters. The van der Waals surface area contributed by atoms with Gasteiger partial charge in [0, 0.05) is 11.4 Å². The molecule has 0 saturated carbocycles. The van der Waals surface area contributed by atoms with Gasteiger partial charge in [-0.3, -0.25) is 0 Å². The van der Waals surface area contributed by atoms with Gasteiger partial charge in [0.15, 0.2) is 0 Å². The van der Waals surface area contributed by atoms with E-state index in [1.54, 1.807) is 0 Å². The number of rotatable bonds is 3. The highest BCUT2D eigenvalue weighted by Crippen LogP contribution is 2.22. The van der Waals surface area contributed by atoms with E-state index < -0.39 is 0 Å². The van der Waals surface area contributed by atoms with Crippen molar-refractivity contribution in [1.82, 2.24) is 4.98 Å². The van der Waals surface area contributed by atoms with Crippen molar-refractivity contribution in [1.29, 1.82) is 5.26 Å². The van der Waals surface area contributed by atoms with Crippen LogP contribution in [0.5, 0.6) is 0 Å². The molecule has 0 bridgehead atoms. The summed E-state index contributed by atoms with van der Waals surface area (Å²) in [5, 5.41) is 12.5. The number of nitrogens with zero attached hydrogens (tertiary/aromatic N) is 2. The summed E-state index contributed by atoms with van der Waals surface area (Å²) in [5.41, 5.74) is 4.68.